The third kappa shape index (κ3) is 3.87. The van der Waals surface area contributed by atoms with E-state index < -0.39 is 17.1 Å². The van der Waals surface area contributed by atoms with Gasteiger partial charge in [0.2, 0.25) is 0 Å². The van der Waals surface area contributed by atoms with Gasteiger partial charge in [-0.1, -0.05) is 0 Å². The minimum absolute atomic E-state index is 0.198. The van der Waals surface area contributed by atoms with Gasteiger partial charge >= 0.3 is 5.97 Å². The SMILES string of the molecule is CCOC(=O)CN1C(=O)S/C(=C/c2cc(C)n(-c3cc(C)ccn3)c2C)C1=O. The van der Waals surface area contributed by atoms with E-state index >= 15 is 0 Å². The van der Waals surface area contributed by atoms with Crippen molar-refractivity contribution in [3.05, 3.63) is 51.8 Å². The van der Waals surface area contributed by atoms with Gasteiger partial charge in [-0.2, -0.15) is 0 Å². The summed E-state index contributed by atoms with van der Waals surface area (Å²) in [4.78, 5) is 42.0. The minimum Gasteiger partial charge on any atom is -0.465 e. The van der Waals surface area contributed by atoms with Crippen LogP contribution < -0.4 is 0 Å². The van der Waals surface area contributed by atoms with Gasteiger partial charge in [-0.25, -0.2) is 4.98 Å². The largest absolute Gasteiger partial charge is 0.465 e. The average molecular weight is 399 g/mol. The molecule has 0 saturated carbocycles. The Morgan fingerprint density at radius 1 is 1.25 bits per heavy atom. The summed E-state index contributed by atoms with van der Waals surface area (Å²) in [6.45, 7) is 7.39. The zero-order chi connectivity index (χ0) is 20.4. The summed E-state index contributed by atoms with van der Waals surface area (Å²) in [5.41, 5.74) is 3.79. The quantitative estimate of drug-likeness (QED) is 0.566. The first-order valence-corrected chi connectivity index (χ1v) is 9.66. The Labute approximate surface area is 167 Å². The smallest absolute Gasteiger partial charge is 0.326 e. The first kappa shape index (κ1) is 19.9. The Hall–Kier alpha value is -2.87. The molecular formula is C20H21N3O4S. The molecule has 7 nitrogen and oxygen atoms in total. The first-order valence-electron chi connectivity index (χ1n) is 8.84. The van der Waals surface area contributed by atoms with Crippen molar-refractivity contribution < 1.29 is 19.1 Å². The number of aromatic nitrogens is 2. The number of imide groups is 1. The number of carbonyl (C=O) groups is 3. The van der Waals surface area contributed by atoms with Gasteiger partial charge in [-0.05, 0) is 74.9 Å². The second-order valence-electron chi connectivity index (χ2n) is 6.43. The van der Waals surface area contributed by atoms with E-state index in [1.165, 1.54) is 0 Å². The topological polar surface area (TPSA) is 81.5 Å². The zero-order valence-electron chi connectivity index (χ0n) is 16.2. The lowest BCUT2D eigenvalue weighted by molar-refractivity contribution is -0.145. The van der Waals surface area contributed by atoms with Crippen molar-refractivity contribution in [2.24, 2.45) is 0 Å². The fraction of sp³-hybridized carbons (Fsp3) is 0.300. The van der Waals surface area contributed by atoms with Crippen LogP contribution in [0.2, 0.25) is 0 Å². The summed E-state index contributed by atoms with van der Waals surface area (Å²) in [5.74, 6) is -0.290. The molecule has 0 aromatic carbocycles. The lowest BCUT2D eigenvalue weighted by Crippen LogP contribution is -2.34. The molecule has 2 aromatic heterocycles. The molecule has 28 heavy (non-hydrogen) atoms. The van der Waals surface area contributed by atoms with Gasteiger partial charge in [0, 0.05) is 17.6 Å². The first-order chi connectivity index (χ1) is 13.3. The highest BCUT2D eigenvalue weighted by molar-refractivity contribution is 8.18. The number of aryl methyl sites for hydroxylation is 2. The second-order valence-corrected chi connectivity index (χ2v) is 7.42. The number of carbonyl (C=O) groups excluding carboxylic acids is 3. The zero-order valence-corrected chi connectivity index (χ0v) is 17.0. The molecular weight excluding hydrogens is 378 g/mol. The molecule has 0 N–H and O–H groups in total. The van der Waals surface area contributed by atoms with Crippen molar-refractivity contribution >= 4 is 35.0 Å². The monoisotopic (exact) mass is 399 g/mol. The predicted octanol–water partition coefficient (Wildman–Crippen LogP) is 3.40. The molecule has 0 aliphatic carbocycles. The van der Waals surface area contributed by atoms with Gasteiger partial charge in [-0.3, -0.25) is 19.3 Å². The number of thioether (sulfide) groups is 1. The van der Waals surface area contributed by atoms with Crippen molar-refractivity contribution in [3.63, 3.8) is 0 Å². The molecule has 0 spiro atoms. The third-order valence-electron chi connectivity index (χ3n) is 4.35. The van der Waals surface area contributed by atoms with E-state index in [-0.39, 0.29) is 18.1 Å². The van der Waals surface area contributed by atoms with Crippen molar-refractivity contribution in [2.75, 3.05) is 13.2 Å². The molecule has 3 heterocycles. The van der Waals surface area contributed by atoms with Crippen LogP contribution in [0.5, 0.6) is 0 Å². The van der Waals surface area contributed by atoms with Gasteiger partial charge in [0.25, 0.3) is 11.1 Å². The van der Waals surface area contributed by atoms with E-state index in [1.54, 1.807) is 19.2 Å². The van der Waals surface area contributed by atoms with Crippen molar-refractivity contribution in [1.82, 2.24) is 14.5 Å². The highest BCUT2D eigenvalue weighted by Crippen LogP contribution is 2.33. The number of rotatable bonds is 5. The van der Waals surface area contributed by atoms with Crippen LogP contribution in [0.4, 0.5) is 4.79 Å². The van der Waals surface area contributed by atoms with E-state index in [9.17, 15) is 14.4 Å². The van der Waals surface area contributed by atoms with Crippen LogP contribution in [0.1, 0.15) is 29.4 Å². The van der Waals surface area contributed by atoms with Crippen LogP contribution >= 0.6 is 11.8 Å². The lowest BCUT2D eigenvalue weighted by atomic mass is 10.2. The number of hydrogen-bond donors (Lipinski definition) is 0. The molecule has 1 aliphatic heterocycles. The fourth-order valence-corrected chi connectivity index (χ4v) is 3.87. The van der Waals surface area contributed by atoms with E-state index in [0.29, 0.717) is 0 Å². The van der Waals surface area contributed by atoms with Crippen LogP contribution in [0.25, 0.3) is 11.9 Å². The molecule has 2 aromatic rings. The highest BCUT2D eigenvalue weighted by atomic mass is 32.2. The summed E-state index contributed by atoms with van der Waals surface area (Å²) in [5, 5.41) is -0.474. The van der Waals surface area contributed by atoms with Gasteiger partial charge in [0.1, 0.15) is 12.4 Å². The molecule has 146 valence electrons. The molecule has 0 bridgehead atoms. The molecule has 2 amide bonds. The Balaban J connectivity index is 1.90. The van der Waals surface area contributed by atoms with Crippen LogP contribution in [-0.4, -0.2) is 44.7 Å². The van der Waals surface area contributed by atoms with Crippen molar-refractivity contribution in [3.8, 4) is 5.82 Å². The minimum atomic E-state index is -0.602. The van der Waals surface area contributed by atoms with Gasteiger partial charge < -0.3 is 9.30 Å². The lowest BCUT2D eigenvalue weighted by Gasteiger charge is -2.10. The number of ether oxygens (including phenoxy) is 1. The maximum absolute atomic E-state index is 12.6. The maximum Gasteiger partial charge on any atom is 0.326 e. The summed E-state index contributed by atoms with van der Waals surface area (Å²) < 4.78 is 6.83. The maximum atomic E-state index is 12.6. The number of amides is 2. The van der Waals surface area contributed by atoms with Crippen molar-refractivity contribution in [1.29, 1.82) is 0 Å². The standard InChI is InChI=1S/C20H21N3O4S/c1-5-27-18(24)11-22-19(25)16(28-20(22)26)10-15-9-13(3)23(14(15)4)17-8-12(2)6-7-21-17/h6-10H,5,11H2,1-4H3/b16-10+. The molecule has 0 radical (unpaired) electrons. The molecule has 1 aliphatic rings. The number of hydrogen-bond acceptors (Lipinski definition) is 6. The molecule has 0 atom stereocenters. The molecule has 3 rings (SSSR count). The van der Waals surface area contributed by atoms with E-state index in [4.69, 9.17) is 4.74 Å². The van der Waals surface area contributed by atoms with Crippen LogP contribution in [0.3, 0.4) is 0 Å². The summed E-state index contributed by atoms with van der Waals surface area (Å²) in [6, 6.07) is 5.85. The number of pyridine rings is 1. The highest BCUT2D eigenvalue weighted by Gasteiger charge is 2.36. The second kappa shape index (κ2) is 8.02. The Morgan fingerprint density at radius 3 is 2.68 bits per heavy atom. The number of nitrogens with zero attached hydrogens (tertiary/aromatic N) is 3. The van der Waals surface area contributed by atoms with Crippen molar-refractivity contribution in [2.45, 2.75) is 27.7 Å². The van der Waals surface area contributed by atoms with Gasteiger partial charge in [0.15, 0.2) is 0 Å². The van der Waals surface area contributed by atoms with E-state index in [2.05, 4.69) is 4.98 Å². The predicted molar refractivity (Wildman–Crippen MR) is 107 cm³/mol. The van der Waals surface area contributed by atoms with E-state index in [0.717, 1.165) is 45.0 Å². The molecule has 1 fully saturated rings. The summed E-state index contributed by atoms with van der Waals surface area (Å²) in [7, 11) is 0. The van der Waals surface area contributed by atoms with Crippen LogP contribution in [0, 0.1) is 20.8 Å². The summed E-state index contributed by atoms with van der Waals surface area (Å²) >= 11 is 0.825. The van der Waals surface area contributed by atoms with Gasteiger partial charge in [0.05, 0.1) is 11.5 Å². The average Bonchev–Trinajstić information content (AvgIpc) is 3.05. The molecule has 8 heteroatoms. The third-order valence-corrected chi connectivity index (χ3v) is 5.26. The number of esters is 1. The summed E-state index contributed by atoms with van der Waals surface area (Å²) in [6.07, 6.45) is 3.44. The Morgan fingerprint density at radius 2 is 2.00 bits per heavy atom. The normalized spacial score (nSPS) is 15.6. The fourth-order valence-electron chi connectivity index (χ4n) is 3.04. The van der Waals surface area contributed by atoms with E-state index in [1.807, 2.05) is 43.5 Å². The van der Waals surface area contributed by atoms with Gasteiger partial charge in [-0.15, -0.1) is 0 Å². The van der Waals surface area contributed by atoms with Crippen LogP contribution in [0.15, 0.2) is 29.3 Å². The Kier molecular flexibility index (Phi) is 5.69. The Bertz CT molecular complexity index is 993. The molecule has 1 saturated heterocycles. The molecule has 0 unspecified atom stereocenters. The van der Waals surface area contributed by atoms with Crippen LogP contribution in [-0.2, 0) is 14.3 Å².